The first-order valence-corrected chi connectivity index (χ1v) is 8.09. The molecular formula is C19H33NO. The summed E-state index contributed by atoms with van der Waals surface area (Å²) in [7, 11) is 1.80. The summed E-state index contributed by atoms with van der Waals surface area (Å²) in [4.78, 5) is 0. The highest BCUT2D eigenvalue weighted by Crippen LogP contribution is 2.25. The highest BCUT2D eigenvalue weighted by molar-refractivity contribution is 5.20. The van der Waals surface area contributed by atoms with Crippen LogP contribution in [0.4, 0.5) is 0 Å². The molecule has 0 saturated heterocycles. The monoisotopic (exact) mass is 291 g/mol. The van der Waals surface area contributed by atoms with Crippen molar-refractivity contribution >= 4 is 0 Å². The summed E-state index contributed by atoms with van der Waals surface area (Å²) in [5.41, 5.74) is 1.59. The van der Waals surface area contributed by atoms with Crippen molar-refractivity contribution in [3.63, 3.8) is 0 Å². The first-order chi connectivity index (χ1) is 9.73. The Labute approximate surface area is 131 Å². The van der Waals surface area contributed by atoms with Gasteiger partial charge in [0.1, 0.15) is 0 Å². The van der Waals surface area contributed by atoms with Crippen molar-refractivity contribution in [2.24, 2.45) is 0 Å². The molecule has 1 atom stereocenters. The number of methoxy groups -OCH3 is 1. The summed E-state index contributed by atoms with van der Waals surface area (Å²) in [5.74, 6) is 0.568. The van der Waals surface area contributed by atoms with Gasteiger partial charge in [0.15, 0.2) is 0 Å². The zero-order chi connectivity index (χ0) is 15.9. The van der Waals surface area contributed by atoms with Gasteiger partial charge in [-0.05, 0) is 65.4 Å². The van der Waals surface area contributed by atoms with Crippen LogP contribution < -0.4 is 5.32 Å². The molecule has 0 aliphatic carbocycles. The molecule has 0 saturated carbocycles. The molecule has 0 bridgehead atoms. The fourth-order valence-corrected chi connectivity index (χ4v) is 2.42. The van der Waals surface area contributed by atoms with E-state index in [9.17, 15) is 0 Å². The zero-order valence-electron chi connectivity index (χ0n) is 14.7. The van der Waals surface area contributed by atoms with Crippen LogP contribution >= 0.6 is 0 Å². The largest absolute Gasteiger partial charge is 0.379 e. The van der Waals surface area contributed by atoms with Crippen LogP contribution in [0.25, 0.3) is 0 Å². The predicted molar refractivity (Wildman–Crippen MR) is 91.9 cm³/mol. The van der Waals surface area contributed by atoms with E-state index in [2.05, 4.69) is 70.3 Å². The maximum Gasteiger partial charge on any atom is 0.0622 e. The fourth-order valence-electron chi connectivity index (χ4n) is 2.42. The SMILES string of the molecule is COC(C)(C)CCCC(CNC(C)(C)C)c1ccccc1. The first-order valence-electron chi connectivity index (χ1n) is 8.09. The molecule has 120 valence electrons. The highest BCUT2D eigenvalue weighted by atomic mass is 16.5. The van der Waals surface area contributed by atoms with E-state index in [0.29, 0.717) is 5.92 Å². The first kappa shape index (κ1) is 18.2. The number of nitrogens with one attached hydrogen (secondary N) is 1. The lowest BCUT2D eigenvalue weighted by Gasteiger charge is -2.27. The van der Waals surface area contributed by atoms with Crippen molar-refractivity contribution in [2.45, 2.75) is 70.9 Å². The summed E-state index contributed by atoms with van der Waals surface area (Å²) in [5, 5.41) is 3.65. The molecule has 1 aromatic carbocycles. The average molecular weight is 291 g/mol. The molecule has 0 radical (unpaired) electrons. The van der Waals surface area contributed by atoms with E-state index in [0.717, 1.165) is 13.0 Å². The molecule has 1 N–H and O–H groups in total. The Morgan fingerprint density at radius 3 is 2.19 bits per heavy atom. The summed E-state index contributed by atoms with van der Waals surface area (Å²) in [6.45, 7) is 12.0. The van der Waals surface area contributed by atoms with Gasteiger partial charge in [0.25, 0.3) is 0 Å². The van der Waals surface area contributed by atoms with Crippen LogP contribution in [0.3, 0.4) is 0 Å². The maximum absolute atomic E-state index is 5.52. The second kappa shape index (κ2) is 7.95. The van der Waals surface area contributed by atoms with Gasteiger partial charge in [-0.1, -0.05) is 30.3 Å². The van der Waals surface area contributed by atoms with Crippen LogP contribution in [0.2, 0.25) is 0 Å². The third-order valence-corrected chi connectivity index (χ3v) is 4.03. The van der Waals surface area contributed by atoms with E-state index in [1.807, 2.05) is 0 Å². The van der Waals surface area contributed by atoms with Crippen molar-refractivity contribution < 1.29 is 4.74 Å². The Kier molecular flexibility index (Phi) is 6.89. The van der Waals surface area contributed by atoms with Gasteiger partial charge in [0.05, 0.1) is 5.60 Å². The number of ether oxygens (including phenoxy) is 1. The molecule has 1 unspecified atom stereocenters. The quantitative estimate of drug-likeness (QED) is 0.746. The van der Waals surface area contributed by atoms with Gasteiger partial charge in [-0.15, -0.1) is 0 Å². The van der Waals surface area contributed by atoms with Gasteiger partial charge in [-0.2, -0.15) is 0 Å². The molecule has 2 nitrogen and oxygen atoms in total. The molecule has 2 heteroatoms. The van der Waals surface area contributed by atoms with E-state index in [1.54, 1.807) is 7.11 Å². The Morgan fingerprint density at radius 2 is 1.67 bits per heavy atom. The van der Waals surface area contributed by atoms with Gasteiger partial charge < -0.3 is 10.1 Å². The standard InChI is InChI=1S/C19H33NO/c1-18(2,3)20-15-17(16-11-8-7-9-12-16)13-10-14-19(4,5)21-6/h7-9,11-12,17,20H,10,13-15H2,1-6H3. The van der Waals surface area contributed by atoms with E-state index in [1.165, 1.54) is 18.4 Å². The number of hydrogen-bond donors (Lipinski definition) is 1. The minimum atomic E-state index is -0.0152. The smallest absolute Gasteiger partial charge is 0.0622 e. The molecule has 0 amide bonds. The molecule has 21 heavy (non-hydrogen) atoms. The maximum atomic E-state index is 5.52. The second-order valence-corrected chi connectivity index (χ2v) is 7.59. The molecular weight excluding hydrogens is 258 g/mol. The Balaban J connectivity index is 2.61. The van der Waals surface area contributed by atoms with Gasteiger partial charge in [0.2, 0.25) is 0 Å². The third kappa shape index (κ3) is 7.63. The van der Waals surface area contributed by atoms with Gasteiger partial charge in [-0.25, -0.2) is 0 Å². The topological polar surface area (TPSA) is 21.3 Å². The normalized spacial score (nSPS) is 14.2. The molecule has 0 spiro atoms. The van der Waals surface area contributed by atoms with Crippen molar-refractivity contribution in [1.29, 1.82) is 0 Å². The Hall–Kier alpha value is -0.860. The van der Waals surface area contributed by atoms with Crippen LogP contribution in [0.15, 0.2) is 30.3 Å². The Bertz CT molecular complexity index is 392. The van der Waals surface area contributed by atoms with Gasteiger partial charge in [0, 0.05) is 19.2 Å². The lowest BCUT2D eigenvalue weighted by molar-refractivity contribution is 0.0131. The fraction of sp³-hybridized carbons (Fsp3) is 0.684. The molecule has 0 aromatic heterocycles. The van der Waals surface area contributed by atoms with Crippen LogP contribution in [-0.2, 0) is 4.74 Å². The average Bonchev–Trinajstić information content (AvgIpc) is 2.42. The van der Waals surface area contributed by atoms with Crippen molar-refractivity contribution in [2.75, 3.05) is 13.7 Å². The second-order valence-electron chi connectivity index (χ2n) is 7.59. The Morgan fingerprint density at radius 1 is 1.05 bits per heavy atom. The number of benzene rings is 1. The summed E-state index contributed by atoms with van der Waals surface area (Å²) in [6, 6.07) is 10.9. The van der Waals surface area contributed by atoms with Crippen molar-refractivity contribution in [1.82, 2.24) is 5.32 Å². The van der Waals surface area contributed by atoms with Crippen molar-refractivity contribution in [3.8, 4) is 0 Å². The molecule has 1 aromatic rings. The van der Waals surface area contributed by atoms with Crippen LogP contribution in [0, 0.1) is 0 Å². The lowest BCUT2D eigenvalue weighted by atomic mass is 9.90. The highest BCUT2D eigenvalue weighted by Gasteiger charge is 2.19. The summed E-state index contributed by atoms with van der Waals surface area (Å²) < 4.78 is 5.52. The van der Waals surface area contributed by atoms with E-state index in [-0.39, 0.29) is 11.1 Å². The number of rotatable bonds is 8. The van der Waals surface area contributed by atoms with Crippen molar-refractivity contribution in [3.05, 3.63) is 35.9 Å². The molecule has 0 aliphatic heterocycles. The molecule has 0 aliphatic rings. The van der Waals surface area contributed by atoms with E-state index in [4.69, 9.17) is 4.74 Å². The number of hydrogen-bond acceptors (Lipinski definition) is 2. The third-order valence-electron chi connectivity index (χ3n) is 4.03. The van der Waals surface area contributed by atoms with Gasteiger partial charge in [-0.3, -0.25) is 0 Å². The minimum Gasteiger partial charge on any atom is -0.379 e. The van der Waals surface area contributed by atoms with Gasteiger partial charge >= 0.3 is 0 Å². The van der Waals surface area contributed by atoms with Crippen LogP contribution in [0.1, 0.15) is 65.4 Å². The zero-order valence-corrected chi connectivity index (χ0v) is 14.7. The van der Waals surface area contributed by atoms with Crippen LogP contribution in [0.5, 0.6) is 0 Å². The lowest BCUT2D eigenvalue weighted by Crippen LogP contribution is -2.38. The predicted octanol–water partition coefficient (Wildman–Crippen LogP) is 4.75. The van der Waals surface area contributed by atoms with Crippen LogP contribution in [-0.4, -0.2) is 24.8 Å². The van der Waals surface area contributed by atoms with E-state index >= 15 is 0 Å². The summed E-state index contributed by atoms with van der Waals surface area (Å²) >= 11 is 0. The summed E-state index contributed by atoms with van der Waals surface area (Å²) in [6.07, 6.45) is 3.48. The van der Waals surface area contributed by atoms with E-state index < -0.39 is 0 Å². The minimum absolute atomic E-state index is 0.0152. The molecule has 0 fully saturated rings. The molecule has 1 rings (SSSR count). The molecule has 0 heterocycles.